The quantitative estimate of drug-likeness (QED) is 0.783. The minimum Gasteiger partial charge on any atom is -0.360 e. The van der Waals surface area contributed by atoms with Gasteiger partial charge < -0.3 is 4.98 Å². The van der Waals surface area contributed by atoms with Crippen LogP contribution in [0.25, 0.3) is 10.9 Å². The average Bonchev–Trinajstić information content (AvgIpc) is 2.47. The second-order valence-electron chi connectivity index (χ2n) is 3.57. The van der Waals surface area contributed by atoms with Gasteiger partial charge in [-0.15, -0.1) is 0 Å². The van der Waals surface area contributed by atoms with Gasteiger partial charge in [0.1, 0.15) is 4.90 Å². The maximum atomic E-state index is 11.2. The van der Waals surface area contributed by atoms with Gasteiger partial charge in [-0.3, -0.25) is 0 Å². The van der Waals surface area contributed by atoms with Crippen LogP contribution in [0.15, 0.2) is 23.2 Å². The van der Waals surface area contributed by atoms with Gasteiger partial charge in [-0.2, -0.15) is 0 Å². The van der Waals surface area contributed by atoms with E-state index in [1.54, 1.807) is 0 Å². The SMILES string of the molecule is Cc1cc2[nH]cc(S(=O)(=O)Cl)c2cc1C. The second-order valence-corrected chi connectivity index (χ2v) is 6.11. The number of rotatable bonds is 1. The molecule has 0 saturated heterocycles. The van der Waals surface area contributed by atoms with Crippen molar-refractivity contribution in [2.45, 2.75) is 18.7 Å². The molecule has 0 fully saturated rings. The maximum absolute atomic E-state index is 11.2. The van der Waals surface area contributed by atoms with Gasteiger partial charge in [0, 0.05) is 27.8 Å². The molecule has 0 atom stereocenters. The normalized spacial score (nSPS) is 12.2. The number of H-pyrrole nitrogens is 1. The molecule has 2 rings (SSSR count). The van der Waals surface area contributed by atoms with E-state index >= 15 is 0 Å². The van der Waals surface area contributed by atoms with Gasteiger partial charge in [-0.05, 0) is 37.1 Å². The second kappa shape index (κ2) is 3.25. The first-order chi connectivity index (χ1) is 6.89. The summed E-state index contributed by atoms with van der Waals surface area (Å²) >= 11 is 0. The Morgan fingerprint density at radius 1 is 1.20 bits per heavy atom. The van der Waals surface area contributed by atoms with Crippen molar-refractivity contribution in [3.05, 3.63) is 29.5 Å². The van der Waals surface area contributed by atoms with E-state index in [0.29, 0.717) is 5.39 Å². The van der Waals surface area contributed by atoms with Gasteiger partial charge in [0.15, 0.2) is 0 Å². The smallest absolute Gasteiger partial charge is 0.263 e. The van der Waals surface area contributed by atoms with Crippen molar-refractivity contribution in [1.82, 2.24) is 4.98 Å². The van der Waals surface area contributed by atoms with Crippen LogP contribution in [0.5, 0.6) is 0 Å². The summed E-state index contributed by atoms with van der Waals surface area (Å²) in [5.41, 5.74) is 2.95. The molecule has 3 nitrogen and oxygen atoms in total. The third kappa shape index (κ3) is 1.75. The van der Waals surface area contributed by atoms with Crippen molar-refractivity contribution >= 4 is 30.6 Å². The Bertz CT molecular complexity index is 628. The average molecular weight is 244 g/mol. The molecule has 0 aliphatic rings. The van der Waals surface area contributed by atoms with Crippen molar-refractivity contribution in [3.63, 3.8) is 0 Å². The highest BCUT2D eigenvalue weighted by Crippen LogP contribution is 2.27. The first-order valence-electron chi connectivity index (χ1n) is 4.42. The number of hydrogen-bond acceptors (Lipinski definition) is 2. The van der Waals surface area contributed by atoms with E-state index in [1.807, 2.05) is 26.0 Å². The molecule has 0 aliphatic carbocycles. The van der Waals surface area contributed by atoms with Crippen LogP contribution in [0, 0.1) is 13.8 Å². The van der Waals surface area contributed by atoms with Gasteiger partial charge in [0.25, 0.3) is 9.05 Å². The predicted octanol–water partition coefficient (Wildman–Crippen LogP) is 2.71. The molecule has 0 spiro atoms. The molecule has 0 unspecified atom stereocenters. The summed E-state index contributed by atoms with van der Waals surface area (Å²) in [6.07, 6.45) is 1.42. The van der Waals surface area contributed by atoms with Crippen LogP contribution in [0.2, 0.25) is 0 Å². The molecule has 1 N–H and O–H groups in total. The Balaban J connectivity index is 2.87. The zero-order valence-corrected chi connectivity index (χ0v) is 9.91. The number of aryl methyl sites for hydroxylation is 2. The fourth-order valence-corrected chi connectivity index (χ4v) is 2.58. The van der Waals surface area contributed by atoms with Gasteiger partial charge in [0.05, 0.1) is 0 Å². The minimum absolute atomic E-state index is 0.141. The van der Waals surface area contributed by atoms with E-state index in [-0.39, 0.29) is 4.90 Å². The summed E-state index contributed by atoms with van der Waals surface area (Å²) in [4.78, 5) is 3.04. The number of halogens is 1. The topological polar surface area (TPSA) is 49.9 Å². The minimum atomic E-state index is -3.67. The molecular formula is C10H10ClNO2S. The summed E-state index contributed by atoms with van der Waals surface area (Å²) < 4.78 is 22.5. The molecule has 1 heterocycles. The van der Waals surface area contributed by atoms with E-state index in [9.17, 15) is 8.42 Å². The first-order valence-corrected chi connectivity index (χ1v) is 6.73. The van der Waals surface area contributed by atoms with Crippen molar-refractivity contribution in [1.29, 1.82) is 0 Å². The predicted molar refractivity (Wildman–Crippen MR) is 60.8 cm³/mol. The summed E-state index contributed by atoms with van der Waals surface area (Å²) in [6.45, 7) is 3.91. The summed E-state index contributed by atoms with van der Waals surface area (Å²) in [5.74, 6) is 0. The van der Waals surface area contributed by atoms with Gasteiger partial charge in [-0.1, -0.05) is 0 Å². The summed E-state index contributed by atoms with van der Waals surface area (Å²) in [6, 6.07) is 3.74. The van der Waals surface area contributed by atoms with Crippen LogP contribution in [0.4, 0.5) is 0 Å². The lowest BCUT2D eigenvalue weighted by molar-refractivity contribution is 0.610. The Kier molecular flexibility index (Phi) is 2.28. The monoisotopic (exact) mass is 243 g/mol. The van der Waals surface area contributed by atoms with Crippen molar-refractivity contribution in [2.75, 3.05) is 0 Å². The number of fused-ring (bicyclic) bond motifs is 1. The third-order valence-corrected chi connectivity index (χ3v) is 3.88. The highest BCUT2D eigenvalue weighted by atomic mass is 35.7. The molecule has 1 aromatic carbocycles. The number of aromatic nitrogens is 1. The van der Waals surface area contributed by atoms with E-state index < -0.39 is 9.05 Å². The van der Waals surface area contributed by atoms with Crippen LogP contribution >= 0.6 is 10.7 Å². The number of hydrogen-bond donors (Lipinski definition) is 1. The van der Waals surface area contributed by atoms with Crippen LogP contribution in [-0.2, 0) is 9.05 Å². The fourth-order valence-electron chi connectivity index (χ4n) is 1.56. The number of aromatic amines is 1. The molecule has 80 valence electrons. The molecule has 5 heteroatoms. The van der Waals surface area contributed by atoms with Crippen molar-refractivity contribution in [3.8, 4) is 0 Å². The Labute approximate surface area is 92.5 Å². The molecular weight excluding hydrogens is 234 g/mol. The largest absolute Gasteiger partial charge is 0.360 e. The van der Waals surface area contributed by atoms with Gasteiger partial charge >= 0.3 is 0 Å². The lowest BCUT2D eigenvalue weighted by Gasteiger charge is -2.00. The number of benzene rings is 1. The first kappa shape index (κ1) is 10.5. The van der Waals surface area contributed by atoms with E-state index in [0.717, 1.165) is 16.6 Å². The highest BCUT2D eigenvalue weighted by molar-refractivity contribution is 8.14. The molecule has 1 aromatic heterocycles. The highest BCUT2D eigenvalue weighted by Gasteiger charge is 2.16. The standard InChI is InChI=1S/C10H10ClNO2S/c1-6-3-8-9(4-7(6)2)12-5-10(8)15(11,13)14/h3-5,12H,1-2H3. The van der Waals surface area contributed by atoms with Crippen molar-refractivity contribution in [2.24, 2.45) is 0 Å². The van der Waals surface area contributed by atoms with E-state index in [2.05, 4.69) is 4.98 Å². The Morgan fingerprint density at radius 2 is 1.80 bits per heavy atom. The maximum Gasteiger partial charge on any atom is 0.263 e. The summed E-state index contributed by atoms with van der Waals surface area (Å²) in [5, 5.41) is 0.646. The van der Waals surface area contributed by atoms with Crippen LogP contribution in [0.3, 0.4) is 0 Å². The number of nitrogens with one attached hydrogen (secondary N) is 1. The molecule has 2 aromatic rings. The lowest BCUT2D eigenvalue weighted by Crippen LogP contribution is -1.88. The molecule has 0 bridgehead atoms. The molecule has 0 amide bonds. The van der Waals surface area contributed by atoms with Crippen molar-refractivity contribution < 1.29 is 8.42 Å². The van der Waals surface area contributed by atoms with E-state index in [4.69, 9.17) is 10.7 Å². The zero-order chi connectivity index (χ0) is 11.2. The van der Waals surface area contributed by atoms with Crippen LogP contribution in [-0.4, -0.2) is 13.4 Å². The fraction of sp³-hybridized carbons (Fsp3) is 0.200. The summed E-state index contributed by atoms with van der Waals surface area (Å²) in [7, 11) is 1.65. The molecule has 0 saturated carbocycles. The Hall–Kier alpha value is -1.00. The molecule has 0 aliphatic heterocycles. The van der Waals surface area contributed by atoms with Gasteiger partial charge in [-0.25, -0.2) is 8.42 Å². The Morgan fingerprint density at radius 3 is 2.40 bits per heavy atom. The third-order valence-electron chi connectivity index (χ3n) is 2.52. The van der Waals surface area contributed by atoms with Crippen LogP contribution < -0.4 is 0 Å². The van der Waals surface area contributed by atoms with Crippen LogP contribution in [0.1, 0.15) is 11.1 Å². The molecule has 0 radical (unpaired) electrons. The lowest BCUT2D eigenvalue weighted by atomic mass is 10.1. The zero-order valence-electron chi connectivity index (χ0n) is 8.33. The van der Waals surface area contributed by atoms with E-state index in [1.165, 1.54) is 6.20 Å². The molecule has 15 heavy (non-hydrogen) atoms. The van der Waals surface area contributed by atoms with Gasteiger partial charge in [0.2, 0.25) is 0 Å².